The van der Waals surface area contributed by atoms with E-state index in [1.807, 2.05) is 0 Å². The maximum Gasteiger partial charge on any atom is 0.297 e. The number of alkyl halides is 4. The molecule has 1 aliphatic rings. The summed E-state index contributed by atoms with van der Waals surface area (Å²) in [4.78, 5) is 13.5. The zero-order chi connectivity index (χ0) is 15.5. The minimum atomic E-state index is -3.74. The molecule has 2 atom stereocenters. The molecule has 0 spiro atoms. The van der Waals surface area contributed by atoms with Gasteiger partial charge in [-0.3, -0.25) is 4.79 Å². The summed E-state index contributed by atoms with van der Waals surface area (Å²) in [5, 5.41) is 3.79. The molecule has 1 aromatic heterocycles. The van der Waals surface area contributed by atoms with Crippen LogP contribution < -0.4 is 16.3 Å². The first-order valence-electron chi connectivity index (χ1n) is 5.64. The molecule has 1 aliphatic carbocycles. The van der Waals surface area contributed by atoms with Gasteiger partial charge in [0, 0.05) is 20.5 Å². The summed E-state index contributed by atoms with van der Waals surface area (Å²) >= 11 is 5.28. The number of hydrogen-bond acceptors (Lipinski definition) is 5. The van der Waals surface area contributed by atoms with Gasteiger partial charge in [0.15, 0.2) is 0 Å². The minimum absolute atomic E-state index is 0.00691. The van der Waals surface area contributed by atoms with Crippen molar-refractivity contribution in [3.05, 3.63) is 16.0 Å². The molecular formula is C10H13ClF3N5O. The first-order chi connectivity index (χ1) is 8.96. The molecule has 0 saturated heterocycles. The number of rotatable bonds is 2. The summed E-state index contributed by atoms with van der Waals surface area (Å²) in [7, 11) is 3.12. The number of nitrogen functional groups attached to an aromatic ring is 1. The molecule has 1 aromatic rings. The summed E-state index contributed by atoms with van der Waals surface area (Å²) in [6.45, 7) is 1.10. The van der Waals surface area contributed by atoms with Crippen molar-refractivity contribution >= 4 is 17.5 Å². The fourth-order valence-corrected chi connectivity index (χ4v) is 2.46. The monoisotopic (exact) mass is 311 g/mol. The highest BCUT2D eigenvalue weighted by atomic mass is 35.5. The van der Waals surface area contributed by atoms with Crippen LogP contribution in [0.1, 0.15) is 19.0 Å². The van der Waals surface area contributed by atoms with E-state index < -0.39 is 34.1 Å². The highest BCUT2D eigenvalue weighted by Gasteiger charge is 2.78. The first-order valence-corrected chi connectivity index (χ1v) is 6.02. The number of hydrogen-bond donors (Lipinski definition) is 1. The second-order valence-corrected chi connectivity index (χ2v) is 5.73. The lowest BCUT2D eigenvalue weighted by Gasteiger charge is -2.52. The van der Waals surface area contributed by atoms with Crippen molar-refractivity contribution in [3.8, 4) is 0 Å². The Hall–Kier alpha value is -1.51. The lowest BCUT2D eigenvalue weighted by molar-refractivity contribution is -0.219. The van der Waals surface area contributed by atoms with Crippen molar-refractivity contribution in [2.24, 2.45) is 0 Å². The van der Waals surface area contributed by atoms with Gasteiger partial charge in [0.05, 0.1) is 5.41 Å². The highest BCUT2D eigenvalue weighted by molar-refractivity contribution is 6.25. The van der Waals surface area contributed by atoms with E-state index in [-0.39, 0.29) is 5.95 Å². The van der Waals surface area contributed by atoms with E-state index in [1.165, 1.54) is 4.90 Å². The van der Waals surface area contributed by atoms with Crippen LogP contribution in [0.5, 0.6) is 0 Å². The van der Waals surface area contributed by atoms with Gasteiger partial charge >= 0.3 is 0 Å². The Morgan fingerprint density at radius 1 is 1.35 bits per heavy atom. The third kappa shape index (κ3) is 1.62. The van der Waals surface area contributed by atoms with Gasteiger partial charge in [-0.2, -0.15) is 4.68 Å². The van der Waals surface area contributed by atoms with Crippen LogP contribution in [0.3, 0.4) is 0 Å². The van der Waals surface area contributed by atoms with E-state index in [2.05, 4.69) is 10.2 Å². The summed E-state index contributed by atoms with van der Waals surface area (Å²) in [6.07, 6.45) is -0.939. The number of aromatic nitrogens is 3. The van der Waals surface area contributed by atoms with Gasteiger partial charge in [-0.1, -0.05) is 11.6 Å². The van der Waals surface area contributed by atoms with Crippen molar-refractivity contribution in [2.45, 2.75) is 29.8 Å². The van der Waals surface area contributed by atoms with E-state index >= 15 is 0 Å². The van der Waals surface area contributed by atoms with Gasteiger partial charge < -0.3 is 10.7 Å². The summed E-state index contributed by atoms with van der Waals surface area (Å²) < 4.78 is 41.1. The van der Waals surface area contributed by atoms with Crippen LogP contribution in [0.4, 0.5) is 19.1 Å². The van der Waals surface area contributed by atoms with Gasteiger partial charge in [0.2, 0.25) is 5.95 Å². The van der Waals surface area contributed by atoms with Crippen molar-refractivity contribution in [1.29, 1.82) is 0 Å². The predicted octanol–water partition coefficient (Wildman–Crippen LogP) is 0.619. The van der Waals surface area contributed by atoms with Crippen molar-refractivity contribution in [1.82, 2.24) is 14.9 Å². The second kappa shape index (κ2) is 4.00. The van der Waals surface area contributed by atoms with E-state index in [1.54, 1.807) is 14.1 Å². The third-order valence-electron chi connectivity index (χ3n) is 3.53. The average molecular weight is 312 g/mol. The van der Waals surface area contributed by atoms with Crippen molar-refractivity contribution in [3.63, 3.8) is 0 Å². The SMILES string of the molecule is CN(C)c1nnc(C2(C)CC(F)(F)C2(F)Cl)c(=O)n1N. The smallest absolute Gasteiger partial charge is 0.297 e. The number of nitrogens with two attached hydrogens (primary N) is 1. The Morgan fingerprint density at radius 2 is 1.90 bits per heavy atom. The Balaban J connectivity index is 2.57. The largest absolute Gasteiger partial charge is 0.346 e. The maximum absolute atomic E-state index is 14.0. The zero-order valence-corrected chi connectivity index (χ0v) is 11.7. The summed E-state index contributed by atoms with van der Waals surface area (Å²) in [5.41, 5.74) is -3.38. The predicted molar refractivity (Wildman–Crippen MR) is 67.4 cm³/mol. The molecule has 6 nitrogen and oxygen atoms in total. The standard InChI is InChI=1S/C10H13ClF3N5O/c1-8(4-9(12,13)10(8,11)14)5-6(20)19(15)7(17-16-5)18(2)3/h4,15H2,1-3H3. The number of anilines is 1. The molecule has 0 amide bonds. The van der Waals surface area contributed by atoms with Gasteiger partial charge in [-0.25, -0.2) is 13.2 Å². The molecule has 2 unspecified atom stereocenters. The molecule has 112 valence electrons. The van der Waals surface area contributed by atoms with Crippen molar-refractivity contribution < 1.29 is 13.2 Å². The molecule has 1 fully saturated rings. The second-order valence-electron chi connectivity index (χ2n) is 5.21. The first kappa shape index (κ1) is 14.9. The van der Waals surface area contributed by atoms with Gasteiger partial charge in [-0.05, 0) is 6.92 Å². The van der Waals surface area contributed by atoms with Crippen LogP contribution in [0.15, 0.2) is 4.79 Å². The fraction of sp³-hybridized carbons (Fsp3) is 0.700. The van der Waals surface area contributed by atoms with E-state index in [0.717, 1.165) is 6.92 Å². The third-order valence-corrected chi connectivity index (χ3v) is 4.22. The highest BCUT2D eigenvalue weighted by Crippen LogP contribution is 2.64. The zero-order valence-electron chi connectivity index (χ0n) is 11.0. The molecule has 20 heavy (non-hydrogen) atoms. The Morgan fingerprint density at radius 3 is 2.30 bits per heavy atom. The Labute approximate surface area is 117 Å². The lowest BCUT2D eigenvalue weighted by atomic mass is 9.63. The molecule has 2 N–H and O–H groups in total. The average Bonchev–Trinajstić information content (AvgIpc) is 2.30. The van der Waals surface area contributed by atoms with Crippen LogP contribution in [0.25, 0.3) is 0 Å². The van der Waals surface area contributed by atoms with Crippen LogP contribution in [-0.2, 0) is 5.41 Å². The normalized spacial score (nSPS) is 31.8. The van der Waals surface area contributed by atoms with E-state index in [0.29, 0.717) is 4.68 Å². The molecule has 0 radical (unpaired) electrons. The Kier molecular flexibility index (Phi) is 2.98. The summed E-state index contributed by atoms with van der Waals surface area (Å²) in [6, 6.07) is 0. The molecule has 1 saturated carbocycles. The quantitative estimate of drug-likeness (QED) is 0.640. The number of halogens is 4. The summed E-state index contributed by atoms with van der Waals surface area (Å²) in [5.74, 6) is 1.79. The van der Waals surface area contributed by atoms with Crippen molar-refractivity contribution in [2.75, 3.05) is 24.8 Å². The maximum atomic E-state index is 14.0. The van der Waals surface area contributed by atoms with Gasteiger partial charge in [0.1, 0.15) is 5.69 Å². The molecular weight excluding hydrogens is 299 g/mol. The van der Waals surface area contributed by atoms with Crippen LogP contribution in [-0.4, -0.2) is 40.0 Å². The molecule has 0 aliphatic heterocycles. The van der Waals surface area contributed by atoms with Gasteiger partial charge in [-0.15, -0.1) is 10.2 Å². The fourth-order valence-electron chi connectivity index (χ4n) is 2.24. The topological polar surface area (TPSA) is 77.0 Å². The molecule has 2 rings (SSSR count). The van der Waals surface area contributed by atoms with Gasteiger partial charge in [0.25, 0.3) is 16.6 Å². The van der Waals surface area contributed by atoms with E-state index in [9.17, 15) is 18.0 Å². The van der Waals surface area contributed by atoms with E-state index in [4.69, 9.17) is 17.4 Å². The lowest BCUT2D eigenvalue weighted by Crippen LogP contribution is -2.69. The molecule has 0 aromatic carbocycles. The molecule has 1 heterocycles. The van der Waals surface area contributed by atoms with Crippen LogP contribution in [0.2, 0.25) is 0 Å². The van der Waals surface area contributed by atoms with Crippen LogP contribution in [0, 0.1) is 0 Å². The molecule has 10 heteroatoms. The Bertz CT molecular complexity index is 617. The number of nitrogens with zero attached hydrogens (tertiary/aromatic N) is 4. The molecule has 0 bridgehead atoms. The minimum Gasteiger partial charge on any atom is -0.346 e. The van der Waals surface area contributed by atoms with Crippen LogP contribution >= 0.6 is 11.6 Å².